The zero-order valence-corrected chi connectivity index (χ0v) is 17.8. The Bertz CT molecular complexity index is 1030. The molecule has 0 unspecified atom stereocenters. The number of para-hydroxylation sites is 1. The number of hydrogen-bond donors (Lipinski definition) is 2. The first-order chi connectivity index (χ1) is 15.2. The lowest BCUT2D eigenvalue weighted by Gasteiger charge is -2.28. The molecule has 4 rings (SSSR count). The minimum Gasteiger partial charge on any atom is -0.496 e. The number of hydrogen-bond acceptors (Lipinski definition) is 5. The van der Waals surface area contributed by atoms with Crippen LogP contribution >= 0.6 is 0 Å². The summed E-state index contributed by atoms with van der Waals surface area (Å²) >= 11 is 0. The van der Waals surface area contributed by atoms with E-state index in [-0.39, 0.29) is 12.5 Å². The topological polar surface area (TPSA) is 79.6 Å². The molecule has 0 spiro atoms. The van der Waals surface area contributed by atoms with Crippen LogP contribution in [0.25, 0.3) is 0 Å². The summed E-state index contributed by atoms with van der Waals surface area (Å²) in [6, 6.07) is 17.8. The molecule has 0 bridgehead atoms. The molecule has 1 amide bonds. The molecule has 7 nitrogen and oxygen atoms in total. The second kappa shape index (κ2) is 9.76. The summed E-state index contributed by atoms with van der Waals surface area (Å²) in [5, 5.41) is 17.0. The quantitative estimate of drug-likeness (QED) is 0.585. The number of benzene rings is 2. The van der Waals surface area contributed by atoms with Crippen LogP contribution in [0.15, 0.2) is 54.6 Å². The fourth-order valence-corrected chi connectivity index (χ4v) is 4.08. The predicted molar refractivity (Wildman–Crippen MR) is 118 cm³/mol. The molecule has 7 heteroatoms. The van der Waals surface area contributed by atoms with Crippen LogP contribution in [0.4, 0.5) is 0 Å². The number of carbonyl (C=O) groups excluding carboxylic acids is 1. The number of methoxy groups -OCH3 is 1. The number of nitrogens with zero attached hydrogens (tertiary/aromatic N) is 3. The summed E-state index contributed by atoms with van der Waals surface area (Å²) in [6.07, 6.45) is 0.781. The average Bonchev–Trinajstić information content (AvgIpc) is 3.16. The number of fused-ring (bicyclic) bond motifs is 1. The number of ether oxygens (including phenoxy) is 1. The van der Waals surface area contributed by atoms with Crippen LogP contribution in [0.1, 0.15) is 32.9 Å². The van der Waals surface area contributed by atoms with Crippen LogP contribution in [-0.2, 0) is 32.6 Å². The number of aromatic nitrogens is 2. The van der Waals surface area contributed by atoms with Crippen LogP contribution in [-0.4, -0.2) is 46.0 Å². The van der Waals surface area contributed by atoms with Gasteiger partial charge in [-0.25, -0.2) is 0 Å². The number of nitrogens with one attached hydrogen (secondary N) is 1. The fourth-order valence-electron chi connectivity index (χ4n) is 4.08. The van der Waals surface area contributed by atoms with E-state index in [1.807, 2.05) is 48.5 Å². The fraction of sp³-hybridized carbons (Fsp3) is 0.333. The van der Waals surface area contributed by atoms with E-state index in [0.29, 0.717) is 25.3 Å². The Morgan fingerprint density at radius 2 is 1.94 bits per heavy atom. The number of rotatable bonds is 8. The van der Waals surface area contributed by atoms with Crippen molar-refractivity contribution >= 4 is 5.91 Å². The van der Waals surface area contributed by atoms with Crippen LogP contribution in [0.3, 0.4) is 0 Å². The van der Waals surface area contributed by atoms with Crippen LogP contribution in [0.5, 0.6) is 5.75 Å². The van der Waals surface area contributed by atoms with Crippen LogP contribution in [0, 0.1) is 0 Å². The number of carbonyl (C=O) groups is 1. The van der Waals surface area contributed by atoms with Crippen molar-refractivity contribution in [2.45, 2.75) is 32.6 Å². The molecule has 1 aromatic heterocycles. The molecule has 0 saturated heterocycles. The zero-order chi connectivity index (χ0) is 21.6. The largest absolute Gasteiger partial charge is 0.496 e. The number of aliphatic hydroxyl groups excluding tert-OH is 1. The van der Waals surface area contributed by atoms with Crippen molar-refractivity contribution in [3.8, 4) is 5.75 Å². The van der Waals surface area contributed by atoms with Gasteiger partial charge in [-0.05, 0) is 11.6 Å². The summed E-state index contributed by atoms with van der Waals surface area (Å²) in [4.78, 5) is 15.3. The predicted octanol–water partition coefficient (Wildman–Crippen LogP) is 2.37. The monoisotopic (exact) mass is 420 g/mol. The van der Waals surface area contributed by atoms with E-state index in [0.717, 1.165) is 47.6 Å². The average molecular weight is 421 g/mol. The van der Waals surface area contributed by atoms with Gasteiger partial charge in [-0.1, -0.05) is 48.5 Å². The van der Waals surface area contributed by atoms with Crippen LogP contribution < -0.4 is 10.1 Å². The highest BCUT2D eigenvalue weighted by Crippen LogP contribution is 2.26. The molecule has 1 aliphatic rings. The van der Waals surface area contributed by atoms with E-state index >= 15 is 0 Å². The molecular weight excluding hydrogens is 392 g/mol. The van der Waals surface area contributed by atoms with Crippen molar-refractivity contribution in [3.63, 3.8) is 0 Å². The molecule has 0 radical (unpaired) electrons. The summed E-state index contributed by atoms with van der Waals surface area (Å²) in [5.74, 6) is 0.682. The van der Waals surface area contributed by atoms with Gasteiger partial charge in [0.05, 0.1) is 20.3 Å². The lowest BCUT2D eigenvalue weighted by atomic mass is 10.0. The Morgan fingerprint density at radius 3 is 2.71 bits per heavy atom. The zero-order valence-electron chi connectivity index (χ0n) is 17.8. The van der Waals surface area contributed by atoms with Gasteiger partial charge in [0, 0.05) is 49.4 Å². The third-order valence-electron chi connectivity index (χ3n) is 5.62. The van der Waals surface area contributed by atoms with Gasteiger partial charge in [0.25, 0.3) is 5.91 Å². The highest BCUT2D eigenvalue weighted by Gasteiger charge is 2.28. The molecule has 0 atom stereocenters. The highest BCUT2D eigenvalue weighted by molar-refractivity contribution is 5.94. The van der Waals surface area contributed by atoms with Gasteiger partial charge < -0.3 is 15.2 Å². The molecule has 0 aliphatic carbocycles. The highest BCUT2D eigenvalue weighted by atomic mass is 16.5. The summed E-state index contributed by atoms with van der Waals surface area (Å²) < 4.78 is 7.28. The first-order valence-corrected chi connectivity index (χ1v) is 10.6. The molecule has 31 heavy (non-hydrogen) atoms. The van der Waals surface area contributed by atoms with Gasteiger partial charge in [0.2, 0.25) is 0 Å². The summed E-state index contributed by atoms with van der Waals surface area (Å²) in [5.41, 5.74) is 4.59. The summed E-state index contributed by atoms with van der Waals surface area (Å²) in [7, 11) is 1.68. The Kier molecular flexibility index (Phi) is 6.64. The second-order valence-corrected chi connectivity index (χ2v) is 7.66. The summed E-state index contributed by atoms with van der Waals surface area (Å²) in [6.45, 7) is 3.05. The van der Waals surface area contributed by atoms with Gasteiger partial charge in [-0.2, -0.15) is 5.10 Å². The SMILES string of the molecule is COc1ccccc1CN1CCc2c(c(C(=O)NCc3ccccc3)nn2CCO)C1. The molecule has 0 fully saturated rings. The minimum atomic E-state index is -0.184. The lowest BCUT2D eigenvalue weighted by molar-refractivity contribution is 0.0942. The van der Waals surface area contributed by atoms with Gasteiger partial charge in [0.1, 0.15) is 5.75 Å². The van der Waals surface area contributed by atoms with E-state index in [1.165, 1.54) is 0 Å². The third-order valence-corrected chi connectivity index (χ3v) is 5.62. The smallest absolute Gasteiger partial charge is 0.272 e. The van der Waals surface area contributed by atoms with Crippen molar-refractivity contribution in [3.05, 3.63) is 82.7 Å². The van der Waals surface area contributed by atoms with Gasteiger partial charge in [-0.3, -0.25) is 14.4 Å². The Balaban J connectivity index is 1.53. The molecule has 2 aromatic carbocycles. The minimum absolute atomic E-state index is 0.00980. The third kappa shape index (κ3) is 4.78. The van der Waals surface area contributed by atoms with Crippen molar-refractivity contribution in [2.75, 3.05) is 20.3 Å². The Hall–Kier alpha value is -3.16. The molecular formula is C24H28N4O3. The van der Waals surface area contributed by atoms with E-state index in [1.54, 1.807) is 11.8 Å². The van der Waals surface area contributed by atoms with Crippen molar-refractivity contribution < 1.29 is 14.6 Å². The number of amides is 1. The van der Waals surface area contributed by atoms with Gasteiger partial charge >= 0.3 is 0 Å². The maximum absolute atomic E-state index is 13.0. The molecule has 162 valence electrons. The Labute approximate surface area is 182 Å². The van der Waals surface area contributed by atoms with E-state index in [2.05, 4.69) is 21.4 Å². The maximum Gasteiger partial charge on any atom is 0.272 e. The van der Waals surface area contributed by atoms with E-state index in [9.17, 15) is 9.90 Å². The van der Waals surface area contributed by atoms with Crippen molar-refractivity contribution in [1.82, 2.24) is 20.0 Å². The first kappa shape index (κ1) is 21.1. The maximum atomic E-state index is 13.0. The van der Waals surface area contributed by atoms with Crippen molar-refractivity contribution in [1.29, 1.82) is 0 Å². The van der Waals surface area contributed by atoms with Crippen molar-refractivity contribution in [2.24, 2.45) is 0 Å². The second-order valence-electron chi connectivity index (χ2n) is 7.66. The lowest BCUT2D eigenvalue weighted by Crippen LogP contribution is -2.32. The van der Waals surface area contributed by atoms with E-state index in [4.69, 9.17) is 4.74 Å². The number of aliphatic hydroxyl groups is 1. The Morgan fingerprint density at radius 1 is 1.16 bits per heavy atom. The normalized spacial score (nSPS) is 13.6. The van der Waals surface area contributed by atoms with E-state index < -0.39 is 0 Å². The van der Waals surface area contributed by atoms with Gasteiger partial charge in [0.15, 0.2) is 5.69 Å². The molecule has 2 heterocycles. The molecule has 0 saturated carbocycles. The molecule has 1 aliphatic heterocycles. The van der Waals surface area contributed by atoms with Crippen LogP contribution in [0.2, 0.25) is 0 Å². The standard InChI is InChI=1S/C24H28N4O3/c1-31-22-10-6-5-9-19(22)16-27-12-11-21-20(17-27)23(26-28(21)13-14-29)24(30)25-15-18-7-3-2-4-8-18/h2-10,29H,11-17H2,1H3,(H,25,30). The molecule has 2 N–H and O–H groups in total. The van der Waals surface area contributed by atoms with Gasteiger partial charge in [-0.15, -0.1) is 0 Å². The first-order valence-electron chi connectivity index (χ1n) is 10.6. The molecule has 3 aromatic rings.